The third kappa shape index (κ3) is 2.39. The van der Waals surface area contributed by atoms with E-state index < -0.39 is 0 Å². The van der Waals surface area contributed by atoms with E-state index in [1.807, 2.05) is 49.5 Å². The highest BCUT2D eigenvalue weighted by atomic mass is 15.4. The monoisotopic (exact) mass is 340 g/mol. The van der Waals surface area contributed by atoms with Crippen LogP contribution in [0.4, 0.5) is 11.5 Å². The van der Waals surface area contributed by atoms with Gasteiger partial charge in [0, 0.05) is 30.0 Å². The van der Waals surface area contributed by atoms with Gasteiger partial charge in [0.25, 0.3) is 0 Å². The van der Waals surface area contributed by atoms with Crippen molar-refractivity contribution in [2.24, 2.45) is 7.05 Å². The predicted octanol–water partition coefficient (Wildman–Crippen LogP) is 4.03. The lowest BCUT2D eigenvalue weighted by molar-refractivity contribution is 0.941. The topological polar surface area (TPSA) is 60.0 Å². The molecule has 2 aromatic carbocycles. The summed E-state index contributed by atoms with van der Waals surface area (Å²) in [4.78, 5) is 0. The van der Waals surface area contributed by atoms with Crippen LogP contribution in [0, 0.1) is 0 Å². The molecule has 0 aliphatic carbocycles. The minimum atomic E-state index is 0.715. The van der Waals surface area contributed by atoms with E-state index in [1.165, 1.54) is 10.9 Å². The second-order valence-corrected chi connectivity index (χ2v) is 6.20. The van der Waals surface area contributed by atoms with E-state index in [-0.39, 0.29) is 0 Å². The first-order chi connectivity index (χ1) is 12.8. The Balaban J connectivity index is 1.55. The summed E-state index contributed by atoms with van der Waals surface area (Å²) in [7, 11) is 2.04. The Bertz CT molecular complexity index is 1220. The molecule has 6 heteroatoms. The van der Waals surface area contributed by atoms with Crippen LogP contribution in [0.3, 0.4) is 0 Å². The van der Waals surface area contributed by atoms with E-state index in [9.17, 15) is 0 Å². The van der Waals surface area contributed by atoms with Crippen LogP contribution in [0.1, 0.15) is 0 Å². The number of fused-ring (bicyclic) bond motifs is 2. The zero-order chi connectivity index (χ0) is 17.5. The van der Waals surface area contributed by atoms with Crippen molar-refractivity contribution < 1.29 is 0 Å². The molecular weight excluding hydrogens is 324 g/mol. The van der Waals surface area contributed by atoms with Crippen molar-refractivity contribution in [2.75, 3.05) is 5.32 Å². The standard InChI is InChI=1S/C20H16N6/c1-25-12-11-14-7-8-16(13-17(14)25)21-18-9-10-19-22-23-20(26(19)24-18)15-5-3-2-4-6-15/h2-13H,1H3,(H,21,24). The number of nitrogens with zero attached hydrogens (tertiary/aromatic N) is 5. The Morgan fingerprint density at radius 1 is 0.885 bits per heavy atom. The average Bonchev–Trinajstić information content (AvgIpc) is 3.26. The molecule has 126 valence electrons. The molecule has 0 fully saturated rings. The number of aryl methyl sites for hydroxylation is 1. The summed E-state index contributed by atoms with van der Waals surface area (Å²) in [5.41, 5.74) is 3.85. The number of hydrogen-bond donors (Lipinski definition) is 1. The Morgan fingerprint density at radius 2 is 1.77 bits per heavy atom. The van der Waals surface area contributed by atoms with Crippen molar-refractivity contribution in [2.45, 2.75) is 0 Å². The second kappa shape index (κ2) is 5.70. The molecule has 0 amide bonds. The van der Waals surface area contributed by atoms with Crippen molar-refractivity contribution in [1.82, 2.24) is 24.4 Å². The van der Waals surface area contributed by atoms with Gasteiger partial charge in [-0.05, 0) is 35.7 Å². The number of rotatable bonds is 3. The van der Waals surface area contributed by atoms with E-state index in [0.29, 0.717) is 5.65 Å². The van der Waals surface area contributed by atoms with E-state index in [2.05, 4.69) is 55.6 Å². The molecular formula is C20H16N6. The molecule has 0 atom stereocenters. The quantitative estimate of drug-likeness (QED) is 0.539. The second-order valence-electron chi connectivity index (χ2n) is 6.20. The van der Waals surface area contributed by atoms with Crippen molar-refractivity contribution in [1.29, 1.82) is 0 Å². The summed E-state index contributed by atoms with van der Waals surface area (Å²) in [5, 5.41) is 17.7. The lowest BCUT2D eigenvalue weighted by Crippen LogP contribution is -2.00. The van der Waals surface area contributed by atoms with Gasteiger partial charge < -0.3 is 9.88 Å². The largest absolute Gasteiger partial charge is 0.350 e. The van der Waals surface area contributed by atoms with Crippen LogP contribution in [0.15, 0.2) is 72.9 Å². The molecule has 3 aromatic heterocycles. The van der Waals surface area contributed by atoms with Crippen LogP contribution in [0.2, 0.25) is 0 Å². The molecule has 0 bridgehead atoms. The molecule has 0 aliphatic rings. The highest BCUT2D eigenvalue weighted by Gasteiger charge is 2.10. The zero-order valence-electron chi connectivity index (χ0n) is 14.2. The van der Waals surface area contributed by atoms with E-state index in [4.69, 9.17) is 0 Å². The lowest BCUT2D eigenvalue weighted by atomic mass is 10.2. The molecule has 0 saturated heterocycles. The lowest BCUT2D eigenvalue weighted by Gasteiger charge is -2.07. The maximum absolute atomic E-state index is 4.67. The van der Waals surface area contributed by atoms with Gasteiger partial charge in [0.2, 0.25) is 0 Å². The number of hydrogen-bond acceptors (Lipinski definition) is 4. The first-order valence-electron chi connectivity index (χ1n) is 8.38. The van der Waals surface area contributed by atoms with Gasteiger partial charge in [-0.1, -0.05) is 36.4 Å². The number of nitrogens with one attached hydrogen (secondary N) is 1. The van der Waals surface area contributed by atoms with Crippen LogP contribution in [-0.2, 0) is 7.05 Å². The van der Waals surface area contributed by atoms with Gasteiger partial charge in [-0.15, -0.1) is 15.3 Å². The van der Waals surface area contributed by atoms with E-state index >= 15 is 0 Å². The van der Waals surface area contributed by atoms with Gasteiger partial charge in [-0.3, -0.25) is 0 Å². The fourth-order valence-electron chi connectivity index (χ4n) is 3.11. The number of benzene rings is 2. The Hall–Kier alpha value is -3.67. The Labute approximate surface area is 149 Å². The molecule has 0 saturated carbocycles. The van der Waals surface area contributed by atoms with E-state index in [1.54, 1.807) is 4.52 Å². The summed E-state index contributed by atoms with van der Waals surface area (Å²) in [6.45, 7) is 0. The first-order valence-corrected chi connectivity index (χ1v) is 8.38. The molecule has 0 radical (unpaired) electrons. The number of aromatic nitrogens is 5. The highest BCUT2D eigenvalue weighted by Crippen LogP contribution is 2.23. The van der Waals surface area contributed by atoms with E-state index in [0.717, 1.165) is 22.9 Å². The summed E-state index contributed by atoms with van der Waals surface area (Å²) in [5.74, 6) is 1.46. The van der Waals surface area contributed by atoms with Crippen LogP contribution < -0.4 is 5.32 Å². The summed E-state index contributed by atoms with van der Waals surface area (Å²) in [6, 6.07) is 22.1. The minimum absolute atomic E-state index is 0.715. The number of anilines is 2. The normalized spacial score (nSPS) is 11.3. The molecule has 0 spiro atoms. The van der Waals surface area contributed by atoms with Gasteiger partial charge in [0.05, 0.1) is 0 Å². The summed E-state index contributed by atoms with van der Waals surface area (Å²) < 4.78 is 3.86. The Kier molecular flexibility index (Phi) is 3.21. The maximum Gasteiger partial charge on any atom is 0.185 e. The van der Waals surface area contributed by atoms with Crippen molar-refractivity contribution in [3.05, 3.63) is 72.9 Å². The van der Waals surface area contributed by atoms with Crippen LogP contribution in [0.25, 0.3) is 27.9 Å². The molecule has 1 N–H and O–H groups in total. The third-order valence-electron chi connectivity index (χ3n) is 4.46. The van der Waals surface area contributed by atoms with Crippen molar-refractivity contribution >= 4 is 28.1 Å². The highest BCUT2D eigenvalue weighted by molar-refractivity contribution is 5.84. The maximum atomic E-state index is 4.67. The van der Waals surface area contributed by atoms with Crippen LogP contribution >= 0.6 is 0 Å². The third-order valence-corrected chi connectivity index (χ3v) is 4.46. The molecule has 0 unspecified atom stereocenters. The average molecular weight is 340 g/mol. The predicted molar refractivity (Wildman–Crippen MR) is 102 cm³/mol. The van der Waals surface area contributed by atoms with Gasteiger partial charge in [-0.25, -0.2) is 0 Å². The van der Waals surface area contributed by atoms with Crippen molar-refractivity contribution in [3.8, 4) is 11.4 Å². The molecule has 0 aliphatic heterocycles. The van der Waals surface area contributed by atoms with Crippen molar-refractivity contribution in [3.63, 3.8) is 0 Å². The minimum Gasteiger partial charge on any atom is -0.350 e. The van der Waals surface area contributed by atoms with Gasteiger partial charge >= 0.3 is 0 Å². The first kappa shape index (κ1) is 14.7. The SMILES string of the molecule is Cn1ccc2ccc(Nc3ccc4nnc(-c5ccccc5)n4n3)cc21. The van der Waals surface area contributed by atoms with Crippen LogP contribution in [-0.4, -0.2) is 24.4 Å². The molecule has 6 nitrogen and oxygen atoms in total. The molecule has 5 rings (SSSR count). The molecule has 3 heterocycles. The van der Waals surface area contributed by atoms with Crippen LogP contribution in [0.5, 0.6) is 0 Å². The zero-order valence-corrected chi connectivity index (χ0v) is 14.2. The Morgan fingerprint density at radius 3 is 2.65 bits per heavy atom. The fraction of sp³-hybridized carbons (Fsp3) is 0.0500. The van der Waals surface area contributed by atoms with Gasteiger partial charge in [0.15, 0.2) is 17.3 Å². The van der Waals surface area contributed by atoms with Gasteiger partial charge in [-0.2, -0.15) is 4.52 Å². The summed E-state index contributed by atoms with van der Waals surface area (Å²) >= 11 is 0. The smallest absolute Gasteiger partial charge is 0.185 e. The molecule has 26 heavy (non-hydrogen) atoms. The summed E-state index contributed by atoms with van der Waals surface area (Å²) in [6.07, 6.45) is 2.06. The van der Waals surface area contributed by atoms with Gasteiger partial charge in [0.1, 0.15) is 0 Å². The molecule has 5 aromatic rings. The fourth-order valence-corrected chi connectivity index (χ4v) is 3.11.